The highest BCUT2D eigenvalue weighted by Crippen LogP contribution is 2.27. The molecule has 0 unspecified atom stereocenters. The van der Waals surface area contributed by atoms with E-state index < -0.39 is 0 Å². The number of aromatic nitrogens is 2. The predicted octanol–water partition coefficient (Wildman–Crippen LogP) is 2.15. The zero-order valence-electron chi connectivity index (χ0n) is 16.0. The van der Waals surface area contributed by atoms with Crippen molar-refractivity contribution < 1.29 is 4.79 Å². The normalized spacial score (nSPS) is 16.6. The Morgan fingerprint density at radius 3 is 2.46 bits per heavy atom. The van der Waals surface area contributed by atoms with E-state index in [0.29, 0.717) is 18.5 Å². The van der Waals surface area contributed by atoms with Crippen molar-refractivity contribution in [3.63, 3.8) is 0 Å². The van der Waals surface area contributed by atoms with Crippen LogP contribution >= 0.6 is 0 Å². The minimum absolute atomic E-state index is 0.100. The van der Waals surface area contributed by atoms with Crippen molar-refractivity contribution in [3.05, 3.63) is 11.3 Å². The van der Waals surface area contributed by atoms with Crippen LogP contribution in [-0.2, 0) is 18.4 Å². The van der Waals surface area contributed by atoms with Gasteiger partial charge in [-0.1, -0.05) is 26.7 Å². The molecule has 0 radical (unpaired) electrons. The van der Waals surface area contributed by atoms with Crippen LogP contribution in [-0.4, -0.2) is 41.9 Å². The van der Waals surface area contributed by atoms with Gasteiger partial charge in [0.1, 0.15) is 5.82 Å². The monoisotopic (exact) mass is 335 g/mol. The average Bonchev–Trinajstić information content (AvgIpc) is 3.11. The first kappa shape index (κ1) is 18.8. The number of carbonyl (C=O) groups excluding carboxylic acids is 1. The Hall–Kier alpha value is -1.56. The fourth-order valence-electron chi connectivity index (χ4n) is 3.52. The lowest BCUT2D eigenvalue weighted by atomic mass is 10.0. The van der Waals surface area contributed by atoms with Crippen molar-refractivity contribution in [2.45, 2.75) is 71.0 Å². The van der Waals surface area contributed by atoms with E-state index in [0.717, 1.165) is 24.4 Å². The van der Waals surface area contributed by atoms with Gasteiger partial charge in [0.05, 0.1) is 11.7 Å². The number of amides is 1. The van der Waals surface area contributed by atoms with Crippen LogP contribution < -0.4 is 15.5 Å². The Morgan fingerprint density at radius 2 is 1.92 bits per heavy atom. The second-order valence-electron chi connectivity index (χ2n) is 7.45. The van der Waals surface area contributed by atoms with Gasteiger partial charge in [-0.05, 0) is 25.7 Å². The molecule has 136 valence electrons. The van der Waals surface area contributed by atoms with Gasteiger partial charge in [0, 0.05) is 39.3 Å². The molecule has 1 saturated carbocycles. The van der Waals surface area contributed by atoms with Crippen LogP contribution in [0.15, 0.2) is 0 Å². The maximum absolute atomic E-state index is 12.4. The van der Waals surface area contributed by atoms with E-state index in [1.165, 1.54) is 18.4 Å². The molecule has 6 heteroatoms. The standard InChI is InChI=1S/C18H33N5O/c1-12(2)16-15(18(22(4)5)23(6)21-16)11-19-13(3)17(24)20-14-9-7-8-10-14/h12-14,19H,7-11H2,1-6H3,(H,20,24)/t13-/m0/s1. The highest BCUT2D eigenvalue weighted by molar-refractivity contribution is 5.81. The van der Waals surface area contributed by atoms with E-state index in [9.17, 15) is 4.79 Å². The molecule has 1 aliphatic carbocycles. The number of carbonyl (C=O) groups is 1. The molecule has 6 nitrogen and oxygen atoms in total. The number of hydrogen-bond donors (Lipinski definition) is 2. The first-order valence-corrected chi connectivity index (χ1v) is 9.08. The molecule has 1 fully saturated rings. The summed E-state index contributed by atoms with van der Waals surface area (Å²) >= 11 is 0. The van der Waals surface area contributed by atoms with Crippen LogP contribution in [0.1, 0.15) is 63.6 Å². The second kappa shape index (κ2) is 8.01. The fourth-order valence-corrected chi connectivity index (χ4v) is 3.52. The van der Waals surface area contributed by atoms with Gasteiger partial charge in [0.25, 0.3) is 0 Å². The van der Waals surface area contributed by atoms with Crippen molar-refractivity contribution >= 4 is 11.7 Å². The fraction of sp³-hybridized carbons (Fsp3) is 0.778. The van der Waals surface area contributed by atoms with Crippen LogP contribution in [0.3, 0.4) is 0 Å². The Kier molecular flexibility index (Phi) is 6.27. The van der Waals surface area contributed by atoms with E-state index in [2.05, 4.69) is 34.5 Å². The molecule has 2 N–H and O–H groups in total. The highest BCUT2D eigenvalue weighted by atomic mass is 16.2. The van der Waals surface area contributed by atoms with E-state index >= 15 is 0 Å². The average molecular weight is 335 g/mol. The molecule has 1 amide bonds. The maximum atomic E-state index is 12.4. The Bertz CT molecular complexity index is 558. The molecule has 1 aliphatic rings. The van der Waals surface area contributed by atoms with Crippen LogP contribution in [0.25, 0.3) is 0 Å². The number of nitrogens with zero attached hydrogens (tertiary/aromatic N) is 3. The number of anilines is 1. The molecule has 0 bridgehead atoms. The van der Waals surface area contributed by atoms with E-state index in [-0.39, 0.29) is 11.9 Å². The lowest BCUT2D eigenvalue weighted by molar-refractivity contribution is -0.123. The number of aryl methyl sites for hydroxylation is 1. The van der Waals surface area contributed by atoms with E-state index in [1.807, 2.05) is 32.7 Å². The summed E-state index contributed by atoms with van der Waals surface area (Å²) in [5.41, 5.74) is 2.27. The molecule has 0 saturated heterocycles. The van der Waals surface area contributed by atoms with Gasteiger partial charge in [-0.15, -0.1) is 0 Å². The molecule has 0 aliphatic heterocycles. The Labute approximate surface area is 146 Å². The molecule has 2 rings (SSSR count). The molecular formula is C18H33N5O. The third kappa shape index (κ3) is 4.29. The molecule has 1 atom stereocenters. The lowest BCUT2D eigenvalue weighted by Crippen LogP contribution is -2.45. The minimum Gasteiger partial charge on any atom is -0.363 e. The van der Waals surface area contributed by atoms with Crippen molar-refractivity contribution in [3.8, 4) is 0 Å². The maximum Gasteiger partial charge on any atom is 0.237 e. The molecule has 0 aromatic carbocycles. The van der Waals surface area contributed by atoms with Gasteiger partial charge in [-0.3, -0.25) is 9.48 Å². The lowest BCUT2D eigenvalue weighted by Gasteiger charge is -2.20. The summed E-state index contributed by atoms with van der Waals surface area (Å²) in [7, 11) is 6.03. The van der Waals surface area contributed by atoms with Gasteiger partial charge >= 0.3 is 0 Å². The number of hydrogen-bond acceptors (Lipinski definition) is 4. The summed E-state index contributed by atoms with van der Waals surface area (Å²) in [6, 6.07) is 0.157. The molecule has 1 aromatic rings. The predicted molar refractivity (Wildman–Crippen MR) is 98.3 cm³/mol. The first-order chi connectivity index (χ1) is 11.3. The third-order valence-electron chi connectivity index (χ3n) is 4.79. The van der Waals surface area contributed by atoms with Gasteiger partial charge in [-0.25, -0.2) is 0 Å². The summed E-state index contributed by atoms with van der Waals surface area (Å²) in [5.74, 6) is 1.54. The second-order valence-corrected chi connectivity index (χ2v) is 7.45. The highest BCUT2D eigenvalue weighted by Gasteiger charge is 2.23. The van der Waals surface area contributed by atoms with Crippen molar-refractivity contribution in [2.24, 2.45) is 7.05 Å². The summed E-state index contributed by atoms with van der Waals surface area (Å²) in [5, 5.41) is 11.2. The summed E-state index contributed by atoms with van der Waals surface area (Å²) in [6.07, 6.45) is 4.69. The molecule has 24 heavy (non-hydrogen) atoms. The molecular weight excluding hydrogens is 302 g/mol. The Morgan fingerprint density at radius 1 is 1.29 bits per heavy atom. The topological polar surface area (TPSA) is 62.2 Å². The Balaban J connectivity index is 2.03. The van der Waals surface area contributed by atoms with Crippen LogP contribution in [0, 0.1) is 0 Å². The third-order valence-corrected chi connectivity index (χ3v) is 4.79. The summed E-state index contributed by atoms with van der Waals surface area (Å²) in [6.45, 7) is 6.89. The van der Waals surface area contributed by atoms with E-state index in [4.69, 9.17) is 0 Å². The number of rotatable bonds is 7. The molecule has 1 aromatic heterocycles. The van der Waals surface area contributed by atoms with Crippen molar-refractivity contribution in [2.75, 3.05) is 19.0 Å². The van der Waals surface area contributed by atoms with Gasteiger partial charge < -0.3 is 15.5 Å². The first-order valence-electron chi connectivity index (χ1n) is 9.08. The SMILES string of the molecule is CC(C)c1nn(C)c(N(C)C)c1CN[C@@H](C)C(=O)NC1CCCC1. The van der Waals surface area contributed by atoms with Gasteiger partial charge in [-0.2, -0.15) is 5.10 Å². The van der Waals surface area contributed by atoms with Crippen LogP contribution in [0.4, 0.5) is 5.82 Å². The molecule has 1 heterocycles. The van der Waals surface area contributed by atoms with Crippen molar-refractivity contribution in [1.29, 1.82) is 0 Å². The van der Waals surface area contributed by atoms with Gasteiger partial charge in [0.15, 0.2) is 0 Å². The zero-order chi connectivity index (χ0) is 17.9. The van der Waals surface area contributed by atoms with Crippen LogP contribution in [0.5, 0.6) is 0 Å². The quantitative estimate of drug-likeness (QED) is 0.801. The largest absolute Gasteiger partial charge is 0.363 e. The smallest absolute Gasteiger partial charge is 0.237 e. The van der Waals surface area contributed by atoms with E-state index in [1.54, 1.807) is 0 Å². The van der Waals surface area contributed by atoms with Crippen LogP contribution in [0.2, 0.25) is 0 Å². The molecule has 0 spiro atoms. The van der Waals surface area contributed by atoms with Crippen molar-refractivity contribution in [1.82, 2.24) is 20.4 Å². The summed E-state index contributed by atoms with van der Waals surface area (Å²) in [4.78, 5) is 14.4. The van der Waals surface area contributed by atoms with Gasteiger partial charge in [0.2, 0.25) is 5.91 Å². The summed E-state index contributed by atoms with van der Waals surface area (Å²) < 4.78 is 1.93. The minimum atomic E-state index is -0.208. The number of nitrogens with one attached hydrogen (secondary N) is 2. The zero-order valence-corrected chi connectivity index (χ0v) is 16.0.